The number of benzene rings is 2. The highest BCUT2D eigenvalue weighted by Crippen LogP contribution is 2.25. The molecule has 3 aromatic rings. The van der Waals surface area contributed by atoms with Crippen LogP contribution in [0.25, 0.3) is 10.8 Å². The van der Waals surface area contributed by atoms with E-state index >= 15 is 0 Å². The number of nitrogens with one attached hydrogen (secondary N) is 3. The molecule has 0 bridgehead atoms. The predicted molar refractivity (Wildman–Crippen MR) is 104 cm³/mol. The molecule has 25 heavy (non-hydrogen) atoms. The van der Waals surface area contributed by atoms with Crippen molar-refractivity contribution in [1.82, 2.24) is 15.0 Å². The zero-order valence-electron chi connectivity index (χ0n) is 13.9. The molecule has 126 valence electrons. The molecule has 0 spiro atoms. The van der Waals surface area contributed by atoms with E-state index in [9.17, 15) is 0 Å². The van der Waals surface area contributed by atoms with E-state index in [1.165, 1.54) is 0 Å². The summed E-state index contributed by atoms with van der Waals surface area (Å²) < 4.78 is 0. The third-order valence-electron chi connectivity index (χ3n) is 3.48. The smallest absolute Gasteiger partial charge is 0.233 e. The van der Waals surface area contributed by atoms with Crippen molar-refractivity contribution in [2.75, 3.05) is 29.0 Å². The fourth-order valence-corrected chi connectivity index (χ4v) is 2.37. The zero-order chi connectivity index (χ0) is 17.5. The van der Waals surface area contributed by atoms with E-state index in [2.05, 4.69) is 62.3 Å². The summed E-state index contributed by atoms with van der Waals surface area (Å²) in [7, 11) is 0. The first kappa shape index (κ1) is 16.4. The van der Waals surface area contributed by atoms with Crippen LogP contribution in [0.2, 0.25) is 0 Å². The van der Waals surface area contributed by atoms with Crippen LogP contribution in [0.4, 0.5) is 23.5 Å². The van der Waals surface area contributed by atoms with Gasteiger partial charge >= 0.3 is 0 Å². The first-order chi connectivity index (χ1) is 12.3. The zero-order valence-corrected chi connectivity index (χ0v) is 13.9. The van der Waals surface area contributed by atoms with E-state index in [0.29, 0.717) is 30.9 Å². The highest BCUT2D eigenvalue weighted by atomic mass is 15.3. The molecule has 0 saturated carbocycles. The Morgan fingerprint density at radius 3 is 2.04 bits per heavy atom. The summed E-state index contributed by atoms with van der Waals surface area (Å²) in [5, 5.41) is 11.7. The molecule has 0 atom stereocenters. The summed E-state index contributed by atoms with van der Waals surface area (Å²) in [6, 6.07) is 14.2. The lowest BCUT2D eigenvalue weighted by atomic mass is 10.1. The van der Waals surface area contributed by atoms with E-state index < -0.39 is 0 Å². The van der Waals surface area contributed by atoms with E-state index in [1.807, 2.05) is 24.3 Å². The van der Waals surface area contributed by atoms with E-state index in [1.54, 1.807) is 12.2 Å². The Kier molecular flexibility index (Phi) is 5.21. The number of nitrogens with zero attached hydrogens (tertiary/aromatic N) is 3. The van der Waals surface area contributed by atoms with Gasteiger partial charge in [0.1, 0.15) is 0 Å². The maximum absolute atomic E-state index is 4.42. The topological polar surface area (TPSA) is 74.8 Å². The molecule has 3 rings (SSSR count). The fraction of sp³-hybridized carbons (Fsp3) is 0.105. The van der Waals surface area contributed by atoms with Gasteiger partial charge in [-0.2, -0.15) is 15.0 Å². The average Bonchev–Trinajstić information content (AvgIpc) is 2.65. The first-order valence-corrected chi connectivity index (χ1v) is 8.00. The predicted octanol–water partition coefficient (Wildman–Crippen LogP) is 3.96. The number of hydrogen-bond donors (Lipinski definition) is 3. The number of rotatable bonds is 8. The largest absolute Gasteiger partial charge is 0.351 e. The van der Waals surface area contributed by atoms with Crippen LogP contribution in [0.1, 0.15) is 0 Å². The van der Waals surface area contributed by atoms with Gasteiger partial charge in [-0.25, -0.2) is 0 Å². The second-order valence-electron chi connectivity index (χ2n) is 5.30. The van der Waals surface area contributed by atoms with Crippen LogP contribution in [0.15, 0.2) is 67.8 Å². The van der Waals surface area contributed by atoms with Gasteiger partial charge in [0.25, 0.3) is 0 Å². The fourth-order valence-electron chi connectivity index (χ4n) is 2.37. The molecular weight excluding hydrogens is 312 g/mol. The van der Waals surface area contributed by atoms with Crippen LogP contribution in [0.5, 0.6) is 0 Å². The second kappa shape index (κ2) is 7.92. The minimum atomic E-state index is 0.462. The number of anilines is 4. The maximum Gasteiger partial charge on any atom is 0.233 e. The van der Waals surface area contributed by atoms with Crippen LogP contribution in [0.3, 0.4) is 0 Å². The third-order valence-corrected chi connectivity index (χ3v) is 3.48. The molecule has 1 heterocycles. The summed E-state index contributed by atoms with van der Waals surface area (Å²) in [5.74, 6) is 1.41. The van der Waals surface area contributed by atoms with Crippen molar-refractivity contribution in [2.24, 2.45) is 0 Å². The monoisotopic (exact) mass is 332 g/mol. The summed E-state index contributed by atoms with van der Waals surface area (Å²) in [4.78, 5) is 13.2. The molecule has 0 unspecified atom stereocenters. The molecule has 2 aromatic carbocycles. The highest BCUT2D eigenvalue weighted by molar-refractivity contribution is 5.94. The van der Waals surface area contributed by atoms with Crippen LogP contribution in [-0.2, 0) is 0 Å². The SMILES string of the molecule is C=CCNc1nc(NCC=C)nc(Nc2cccc3ccccc23)n1. The number of fused-ring (bicyclic) bond motifs is 1. The lowest BCUT2D eigenvalue weighted by molar-refractivity contribution is 1.03. The van der Waals surface area contributed by atoms with Gasteiger partial charge in [-0.3, -0.25) is 0 Å². The quantitative estimate of drug-likeness (QED) is 0.542. The molecule has 0 saturated heterocycles. The normalized spacial score (nSPS) is 10.2. The summed E-state index contributed by atoms with van der Waals surface area (Å²) in [6.07, 6.45) is 3.50. The molecule has 0 aliphatic rings. The Hall–Kier alpha value is -3.41. The molecule has 0 aliphatic heterocycles. The molecule has 0 fully saturated rings. The Morgan fingerprint density at radius 1 is 0.760 bits per heavy atom. The van der Waals surface area contributed by atoms with Gasteiger partial charge in [0.05, 0.1) is 0 Å². The van der Waals surface area contributed by atoms with Crippen molar-refractivity contribution in [2.45, 2.75) is 0 Å². The Bertz CT molecular complexity index is 854. The molecule has 6 nitrogen and oxygen atoms in total. The number of hydrogen-bond acceptors (Lipinski definition) is 6. The highest BCUT2D eigenvalue weighted by Gasteiger charge is 2.08. The summed E-state index contributed by atoms with van der Waals surface area (Å²) >= 11 is 0. The van der Waals surface area contributed by atoms with Crippen LogP contribution < -0.4 is 16.0 Å². The molecule has 0 aliphatic carbocycles. The van der Waals surface area contributed by atoms with Gasteiger partial charge in [-0.05, 0) is 11.5 Å². The lowest BCUT2D eigenvalue weighted by Gasteiger charge is -2.11. The molecular formula is C19H20N6. The van der Waals surface area contributed by atoms with E-state index in [0.717, 1.165) is 16.5 Å². The van der Waals surface area contributed by atoms with Gasteiger partial charge in [-0.15, -0.1) is 13.2 Å². The Balaban J connectivity index is 1.94. The lowest BCUT2D eigenvalue weighted by Crippen LogP contribution is -2.11. The van der Waals surface area contributed by atoms with Crippen molar-refractivity contribution in [1.29, 1.82) is 0 Å². The van der Waals surface area contributed by atoms with Crippen LogP contribution in [-0.4, -0.2) is 28.0 Å². The molecule has 0 radical (unpaired) electrons. The molecule has 0 amide bonds. The van der Waals surface area contributed by atoms with Crippen LogP contribution >= 0.6 is 0 Å². The van der Waals surface area contributed by atoms with E-state index in [-0.39, 0.29) is 0 Å². The minimum absolute atomic E-state index is 0.462. The molecule has 6 heteroatoms. The van der Waals surface area contributed by atoms with Crippen LogP contribution in [0, 0.1) is 0 Å². The van der Waals surface area contributed by atoms with Gasteiger partial charge in [0.2, 0.25) is 17.8 Å². The standard InChI is InChI=1S/C19H20N6/c1-3-12-20-17-23-18(21-13-4-2)25-19(24-17)22-16-11-7-9-14-8-5-6-10-15(14)16/h3-11H,1-2,12-13H2,(H3,20,21,22,23,24,25). The Morgan fingerprint density at radius 2 is 1.36 bits per heavy atom. The van der Waals surface area contributed by atoms with Gasteiger partial charge in [0.15, 0.2) is 0 Å². The van der Waals surface area contributed by atoms with Gasteiger partial charge in [-0.1, -0.05) is 48.6 Å². The van der Waals surface area contributed by atoms with Crippen molar-refractivity contribution in [3.63, 3.8) is 0 Å². The minimum Gasteiger partial charge on any atom is -0.351 e. The summed E-state index contributed by atoms with van der Waals surface area (Å²) in [5.41, 5.74) is 0.939. The van der Waals surface area contributed by atoms with Crippen molar-refractivity contribution in [3.05, 3.63) is 67.8 Å². The molecule has 3 N–H and O–H groups in total. The van der Waals surface area contributed by atoms with Crippen molar-refractivity contribution < 1.29 is 0 Å². The van der Waals surface area contributed by atoms with Gasteiger partial charge in [0, 0.05) is 24.2 Å². The van der Waals surface area contributed by atoms with Gasteiger partial charge < -0.3 is 16.0 Å². The van der Waals surface area contributed by atoms with Crippen molar-refractivity contribution in [3.8, 4) is 0 Å². The van der Waals surface area contributed by atoms with E-state index in [4.69, 9.17) is 0 Å². The Labute approximate surface area is 146 Å². The average molecular weight is 332 g/mol. The maximum atomic E-state index is 4.42. The summed E-state index contributed by atoms with van der Waals surface area (Å²) in [6.45, 7) is 8.52. The van der Waals surface area contributed by atoms with Crippen molar-refractivity contribution >= 4 is 34.3 Å². The molecule has 1 aromatic heterocycles. The third kappa shape index (κ3) is 4.11. The second-order valence-corrected chi connectivity index (χ2v) is 5.30. The number of aromatic nitrogens is 3. The first-order valence-electron chi connectivity index (χ1n) is 8.00.